The average molecular weight is 261 g/mol. The number of hydrogen-bond donors (Lipinski definition) is 4. The maximum atomic E-state index is 5.86. The Morgan fingerprint density at radius 2 is 2.05 bits per heavy atom. The topological polar surface area (TPSA) is 102 Å². The molecule has 0 aliphatic carbocycles. The number of aromatic amines is 1. The molecule has 0 amide bonds. The van der Waals surface area contributed by atoms with Crippen LogP contribution in [0.5, 0.6) is 5.75 Å². The summed E-state index contributed by atoms with van der Waals surface area (Å²) in [4.78, 5) is 0. The molecular formula is C13H19N5O. The van der Waals surface area contributed by atoms with Crippen LogP contribution in [0.25, 0.3) is 0 Å². The summed E-state index contributed by atoms with van der Waals surface area (Å²) in [5, 5.41) is 6.63. The number of aromatic nitrogens is 2. The number of nitrogens with zero attached hydrogens (tertiary/aromatic N) is 1. The molecule has 0 aliphatic rings. The van der Waals surface area contributed by atoms with Gasteiger partial charge in [0.25, 0.3) is 0 Å². The minimum absolute atomic E-state index is 0.270. The summed E-state index contributed by atoms with van der Waals surface area (Å²) in [6.07, 6.45) is 1.66. The van der Waals surface area contributed by atoms with Crippen LogP contribution in [0, 0.1) is 13.8 Å². The third-order valence-electron chi connectivity index (χ3n) is 3.40. The number of rotatable bonds is 4. The van der Waals surface area contributed by atoms with Crippen LogP contribution in [0.15, 0.2) is 18.3 Å². The molecule has 102 valence electrons. The van der Waals surface area contributed by atoms with Crippen molar-refractivity contribution < 1.29 is 4.74 Å². The molecule has 6 heteroatoms. The van der Waals surface area contributed by atoms with Crippen LogP contribution >= 0.6 is 0 Å². The number of hydrogen-bond acceptors (Lipinski definition) is 5. The molecular weight excluding hydrogens is 242 g/mol. The van der Waals surface area contributed by atoms with Crippen molar-refractivity contribution >= 4 is 5.82 Å². The SMILES string of the molecule is COc1c(C(NN)c2cn[nH]c2N)ccc(C)c1C. The van der Waals surface area contributed by atoms with E-state index in [9.17, 15) is 0 Å². The van der Waals surface area contributed by atoms with E-state index in [2.05, 4.69) is 15.6 Å². The Balaban J connectivity index is 2.56. The molecule has 2 rings (SSSR count). The molecule has 2 aromatic rings. The highest BCUT2D eigenvalue weighted by Crippen LogP contribution is 2.34. The third-order valence-corrected chi connectivity index (χ3v) is 3.40. The third kappa shape index (κ3) is 2.27. The predicted molar refractivity (Wildman–Crippen MR) is 74.6 cm³/mol. The lowest BCUT2D eigenvalue weighted by molar-refractivity contribution is 0.401. The van der Waals surface area contributed by atoms with E-state index in [1.54, 1.807) is 13.3 Å². The van der Waals surface area contributed by atoms with Crippen LogP contribution in [0.2, 0.25) is 0 Å². The molecule has 0 saturated carbocycles. The van der Waals surface area contributed by atoms with Gasteiger partial charge in [-0.25, -0.2) is 5.43 Å². The molecule has 0 saturated heterocycles. The van der Waals surface area contributed by atoms with Crippen LogP contribution in [-0.2, 0) is 0 Å². The number of hydrazine groups is 1. The normalized spacial score (nSPS) is 12.4. The molecule has 0 aliphatic heterocycles. The van der Waals surface area contributed by atoms with Gasteiger partial charge in [-0.3, -0.25) is 10.9 Å². The molecule has 6 N–H and O–H groups in total. The van der Waals surface area contributed by atoms with Gasteiger partial charge in [0.05, 0.1) is 19.3 Å². The number of nitrogens with two attached hydrogens (primary N) is 2. The number of nitrogens with one attached hydrogen (secondary N) is 2. The van der Waals surface area contributed by atoms with E-state index in [1.807, 2.05) is 26.0 Å². The first kappa shape index (κ1) is 13.4. The maximum Gasteiger partial charge on any atom is 0.127 e. The summed E-state index contributed by atoms with van der Waals surface area (Å²) in [7, 11) is 1.65. The maximum absolute atomic E-state index is 5.86. The van der Waals surface area contributed by atoms with Crippen molar-refractivity contribution in [1.82, 2.24) is 15.6 Å². The van der Waals surface area contributed by atoms with Crippen molar-refractivity contribution in [3.8, 4) is 5.75 Å². The Morgan fingerprint density at radius 3 is 2.58 bits per heavy atom. The number of H-pyrrole nitrogens is 1. The van der Waals surface area contributed by atoms with Gasteiger partial charge in [-0.15, -0.1) is 0 Å². The molecule has 0 fully saturated rings. The second kappa shape index (κ2) is 5.29. The fourth-order valence-corrected chi connectivity index (χ4v) is 2.19. The van der Waals surface area contributed by atoms with Gasteiger partial charge < -0.3 is 10.5 Å². The number of anilines is 1. The van der Waals surface area contributed by atoms with Gasteiger partial charge >= 0.3 is 0 Å². The fraction of sp³-hybridized carbons (Fsp3) is 0.308. The van der Waals surface area contributed by atoms with Crippen LogP contribution in [0.1, 0.15) is 28.3 Å². The average Bonchev–Trinajstić information content (AvgIpc) is 2.81. The van der Waals surface area contributed by atoms with E-state index in [4.69, 9.17) is 16.3 Å². The van der Waals surface area contributed by atoms with Gasteiger partial charge in [0.15, 0.2) is 0 Å². The minimum Gasteiger partial charge on any atom is -0.496 e. The second-order valence-corrected chi connectivity index (χ2v) is 4.47. The van der Waals surface area contributed by atoms with Crippen LogP contribution in [0.4, 0.5) is 5.82 Å². The summed E-state index contributed by atoms with van der Waals surface area (Å²) in [5.41, 5.74) is 12.6. The molecule has 1 atom stereocenters. The monoisotopic (exact) mass is 261 g/mol. The summed E-state index contributed by atoms with van der Waals surface area (Å²) < 4.78 is 5.51. The first-order valence-electron chi connectivity index (χ1n) is 5.99. The number of methoxy groups -OCH3 is 1. The molecule has 1 aromatic heterocycles. The van der Waals surface area contributed by atoms with Crippen molar-refractivity contribution in [1.29, 1.82) is 0 Å². The molecule has 19 heavy (non-hydrogen) atoms. The van der Waals surface area contributed by atoms with Crippen molar-refractivity contribution in [3.05, 3.63) is 40.6 Å². The number of nitrogen functional groups attached to an aromatic ring is 1. The Bertz CT molecular complexity index is 578. The molecule has 6 nitrogen and oxygen atoms in total. The largest absolute Gasteiger partial charge is 0.496 e. The fourth-order valence-electron chi connectivity index (χ4n) is 2.19. The zero-order valence-corrected chi connectivity index (χ0v) is 11.3. The molecule has 1 heterocycles. The van der Waals surface area contributed by atoms with Gasteiger partial charge in [0, 0.05) is 11.1 Å². The number of ether oxygens (including phenoxy) is 1. The highest BCUT2D eigenvalue weighted by atomic mass is 16.5. The van der Waals surface area contributed by atoms with Gasteiger partial charge in [0.1, 0.15) is 11.6 Å². The van der Waals surface area contributed by atoms with Gasteiger partial charge in [-0.2, -0.15) is 5.10 Å². The summed E-state index contributed by atoms with van der Waals surface area (Å²) in [6, 6.07) is 3.75. The predicted octanol–water partition coefficient (Wildman–Crippen LogP) is 1.17. The van der Waals surface area contributed by atoms with E-state index >= 15 is 0 Å². The van der Waals surface area contributed by atoms with Crippen molar-refractivity contribution in [2.45, 2.75) is 19.9 Å². The Kier molecular flexibility index (Phi) is 3.73. The Labute approximate surface area is 112 Å². The zero-order chi connectivity index (χ0) is 14.0. The number of aryl methyl sites for hydroxylation is 1. The van der Waals surface area contributed by atoms with Crippen LogP contribution in [0.3, 0.4) is 0 Å². The summed E-state index contributed by atoms with van der Waals surface area (Å²) in [6.45, 7) is 4.06. The smallest absolute Gasteiger partial charge is 0.127 e. The lowest BCUT2D eigenvalue weighted by atomic mass is 9.96. The highest BCUT2D eigenvalue weighted by Gasteiger charge is 2.22. The zero-order valence-electron chi connectivity index (χ0n) is 11.3. The van der Waals surface area contributed by atoms with E-state index in [1.165, 1.54) is 0 Å². The standard InChI is InChI=1S/C13H19N5O/c1-7-4-5-9(12(19-3)8(7)2)11(17-15)10-6-16-18-13(10)14/h4-6,11,17H,15H2,1-3H3,(H3,14,16,18). The van der Waals surface area contributed by atoms with Crippen LogP contribution in [-0.4, -0.2) is 17.3 Å². The van der Waals surface area contributed by atoms with E-state index in [0.29, 0.717) is 5.82 Å². The minimum atomic E-state index is -0.270. The first-order valence-corrected chi connectivity index (χ1v) is 5.99. The van der Waals surface area contributed by atoms with Gasteiger partial charge in [-0.1, -0.05) is 12.1 Å². The number of benzene rings is 1. The van der Waals surface area contributed by atoms with Gasteiger partial charge in [-0.05, 0) is 25.0 Å². The molecule has 0 spiro atoms. The summed E-state index contributed by atoms with van der Waals surface area (Å²) >= 11 is 0. The molecule has 1 aromatic carbocycles. The van der Waals surface area contributed by atoms with Crippen molar-refractivity contribution in [2.24, 2.45) is 5.84 Å². The molecule has 1 unspecified atom stereocenters. The van der Waals surface area contributed by atoms with E-state index in [-0.39, 0.29) is 6.04 Å². The first-order chi connectivity index (χ1) is 9.10. The van der Waals surface area contributed by atoms with Crippen molar-refractivity contribution in [2.75, 3.05) is 12.8 Å². The van der Waals surface area contributed by atoms with Crippen LogP contribution < -0.4 is 21.7 Å². The lowest BCUT2D eigenvalue weighted by Gasteiger charge is -2.21. The molecule has 0 bridgehead atoms. The Morgan fingerprint density at radius 1 is 1.32 bits per heavy atom. The second-order valence-electron chi connectivity index (χ2n) is 4.47. The van der Waals surface area contributed by atoms with Crippen molar-refractivity contribution in [3.63, 3.8) is 0 Å². The summed E-state index contributed by atoms with van der Waals surface area (Å²) in [5.74, 6) is 6.97. The molecule has 0 radical (unpaired) electrons. The van der Waals surface area contributed by atoms with E-state index in [0.717, 1.165) is 28.0 Å². The van der Waals surface area contributed by atoms with E-state index < -0.39 is 0 Å². The lowest BCUT2D eigenvalue weighted by Crippen LogP contribution is -2.29. The highest BCUT2D eigenvalue weighted by molar-refractivity contribution is 5.52. The Hall–Kier alpha value is -2.05. The van der Waals surface area contributed by atoms with Gasteiger partial charge in [0.2, 0.25) is 0 Å². The quantitative estimate of drug-likeness (QED) is 0.489.